The second-order valence-electron chi connectivity index (χ2n) is 7.26. The van der Waals surface area contributed by atoms with Gasteiger partial charge in [-0.05, 0) is 25.0 Å². The number of carbonyl (C=O) groups is 1. The topological polar surface area (TPSA) is 134 Å². The van der Waals surface area contributed by atoms with Crippen LogP contribution in [-0.2, 0) is 24.5 Å². The molecule has 0 aromatic heterocycles. The summed E-state index contributed by atoms with van der Waals surface area (Å²) in [6.45, 7) is 0. The van der Waals surface area contributed by atoms with E-state index in [2.05, 4.69) is 16.0 Å². The van der Waals surface area contributed by atoms with E-state index in [0.29, 0.717) is 24.2 Å². The van der Waals surface area contributed by atoms with E-state index in [9.17, 15) is 21.6 Å². The number of rotatable bonds is 3. The number of benzene rings is 1. The van der Waals surface area contributed by atoms with E-state index in [0.717, 1.165) is 5.06 Å². The minimum absolute atomic E-state index is 0.0162. The number of sulfone groups is 2. The van der Waals surface area contributed by atoms with Crippen molar-refractivity contribution < 1.29 is 26.5 Å². The molecule has 0 radical (unpaired) electrons. The van der Waals surface area contributed by atoms with E-state index in [4.69, 9.17) is 4.84 Å². The van der Waals surface area contributed by atoms with Gasteiger partial charge in [-0.25, -0.2) is 26.5 Å². The number of carbonyl (C=O) groups excluding carboxylic acids is 1. The molecule has 2 saturated heterocycles. The molecule has 154 valence electrons. The molecular formula is C16H22N4O6S2. The van der Waals surface area contributed by atoms with Gasteiger partial charge in [0.15, 0.2) is 19.7 Å². The molecule has 1 aromatic carbocycles. The maximum atomic E-state index is 12.8. The number of para-hydroxylation sites is 2. The van der Waals surface area contributed by atoms with Gasteiger partial charge in [-0.15, -0.1) is 0 Å². The lowest BCUT2D eigenvalue weighted by Gasteiger charge is -2.36. The molecule has 3 atom stereocenters. The minimum atomic E-state index is -3.13. The minimum Gasteiger partial charge on any atom is -0.344 e. The Kier molecular flexibility index (Phi) is 4.98. The molecule has 10 nitrogen and oxygen atoms in total. The summed E-state index contributed by atoms with van der Waals surface area (Å²) in [6, 6.07) is 5.71. The average Bonchev–Trinajstić information content (AvgIpc) is 3.14. The summed E-state index contributed by atoms with van der Waals surface area (Å²) in [5.74, 6) is 0.0992. The van der Waals surface area contributed by atoms with Crippen molar-refractivity contribution in [3.05, 3.63) is 24.3 Å². The molecule has 0 aliphatic carbocycles. The molecule has 12 heteroatoms. The molecule has 0 bridgehead atoms. The van der Waals surface area contributed by atoms with E-state index >= 15 is 0 Å². The Labute approximate surface area is 163 Å². The molecule has 0 saturated carbocycles. The third kappa shape index (κ3) is 4.24. The Morgan fingerprint density at radius 2 is 1.68 bits per heavy atom. The van der Waals surface area contributed by atoms with Gasteiger partial charge >= 0.3 is 6.03 Å². The van der Waals surface area contributed by atoms with Gasteiger partial charge in [0.05, 0.1) is 34.4 Å². The fourth-order valence-corrected chi connectivity index (χ4v) is 6.97. The van der Waals surface area contributed by atoms with Crippen molar-refractivity contribution in [3.8, 4) is 0 Å². The number of nitrogens with one attached hydrogen (secondary N) is 3. The standard InChI is InChI=1S/C16H22N4O6S2/c21-16(18-12-6-8-28(24,25)10-12)20-14-4-2-1-3-13(14)19-15(26-20)17-11-5-7-27(22,23)9-11/h1-4,11-12,15,17,19H,5-10H2,(H,18,21)/t11-,12-,15+/m1/s1. The number of hydrogen-bond acceptors (Lipinski definition) is 8. The molecule has 4 rings (SSSR count). The largest absolute Gasteiger partial charge is 0.346 e. The molecule has 0 spiro atoms. The van der Waals surface area contributed by atoms with Crippen LogP contribution in [0.5, 0.6) is 0 Å². The Hall–Kier alpha value is -1.89. The summed E-state index contributed by atoms with van der Waals surface area (Å²) in [7, 11) is -6.18. The van der Waals surface area contributed by atoms with Gasteiger partial charge in [-0.1, -0.05) is 12.1 Å². The van der Waals surface area contributed by atoms with Crippen molar-refractivity contribution in [1.29, 1.82) is 0 Å². The first kappa shape index (κ1) is 19.4. The predicted octanol–water partition coefficient (Wildman–Crippen LogP) is -0.193. The maximum absolute atomic E-state index is 12.8. The first-order valence-electron chi connectivity index (χ1n) is 9.01. The fourth-order valence-electron chi connectivity index (χ4n) is 3.61. The lowest BCUT2D eigenvalue weighted by atomic mass is 10.2. The first-order chi connectivity index (χ1) is 13.2. The molecule has 3 aliphatic rings. The number of anilines is 2. The third-order valence-corrected chi connectivity index (χ3v) is 8.52. The monoisotopic (exact) mass is 430 g/mol. The zero-order chi connectivity index (χ0) is 19.9. The van der Waals surface area contributed by atoms with Crippen molar-refractivity contribution in [2.75, 3.05) is 33.4 Å². The summed E-state index contributed by atoms with van der Waals surface area (Å²) in [5, 5.41) is 9.96. The highest BCUT2D eigenvalue weighted by molar-refractivity contribution is 7.91. The van der Waals surface area contributed by atoms with Crippen LogP contribution in [0.3, 0.4) is 0 Å². The summed E-state index contributed by atoms with van der Waals surface area (Å²) in [5.41, 5.74) is 1.12. The fraction of sp³-hybridized carbons (Fsp3) is 0.562. The number of fused-ring (bicyclic) bond motifs is 1. The van der Waals surface area contributed by atoms with Crippen molar-refractivity contribution >= 4 is 37.1 Å². The SMILES string of the molecule is O=C(N[C@@H]1CCS(=O)(=O)C1)N1O[C@@H](N[C@@H]2CCS(=O)(=O)C2)Nc2ccccc21. The van der Waals surface area contributed by atoms with Crippen LogP contribution in [0.1, 0.15) is 12.8 Å². The Balaban J connectivity index is 1.48. The Morgan fingerprint density at radius 3 is 2.32 bits per heavy atom. The lowest BCUT2D eigenvalue weighted by molar-refractivity contribution is 0.0295. The molecule has 0 unspecified atom stereocenters. The third-order valence-electron chi connectivity index (χ3n) is 4.98. The lowest BCUT2D eigenvalue weighted by Crippen LogP contribution is -2.55. The normalized spacial score (nSPS) is 30.4. The predicted molar refractivity (Wildman–Crippen MR) is 103 cm³/mol. The summed E-state index contributed by atoms with van der Waals surface area (Å²) >= 11 is 0. The van der Waals surface area contributed by atoms with Crippen molar-refractivity contribution in [2.24, 2.45) is 0 Å². The van der Waals surface area contributed by atoms with Gasteiger partial charge in [0, 0.05) is 12.1 Å². The van der Waals surface area contributed by atoms with Crippen LogP contribution in [-0.4, -0.2) is 64.3 Å². The highest BCUT2D eigenvalue weighted by Gasteiger charge is 2.36. The average molecular weight is 431 g/mol. The second kappa shape index (κ2) is 7.17. The van der Waals surface area contributed by atoms with E-state index in [1.54, 1.807) is 24.3 Å². The van der Waals surface area contributed by atoms with Crippen LogP contribution < -0.4 is 21.0 Å². The van der Waals surface area contributed by atoms with E-state index in [-0.39, 0.29) is 29.1 Å². The number of amides is 2. The first-order valence-corrected chi connectivity index (χ1v) is 12.6. The number of hydroxylamine groups is 1. The highest BCUT2D eigenvalue weighted by atomic mass is 32.2. The molecule has 28 heavy (non-hydrogen) atoms. The van der Waals surface area contributed by atoms with Gasteiger partial charge in [0.2, 0.25) is 6.35 Å². The molecule has 3 N–H and O–H groups in total. The van der Waals surface area contributed by atoms with E-state index < -0.39 is 38.1 Å². The smallest absolute Gasteiger partial charge is 0.344 e. The van der Waals surface area contributed by atoms with Crippen molar-refractivity contribution in [1.82, 2.24) is 10.6 Å². The number of hydrogen-bond donors (Lipinski definition) is 3. The summed E-state index contributed by atoms with van der Waals surface area (Å²) in [4.78, 5) is 18.5. The van der Waals surface area contributed by atoms with Crippen LogP contribution >= 0.6 is 0 Å². The summed E-state index contributed by atoms with van der Waals surface area (Å²) in [6.07, 6.45) is 0.0346. The van der Waals surface area contributed by atoms with Gasteiger partial charge in [0.1, 0.15) is 0 Å². The number of nitrogens with zero attached hydrogens (tertiary/aromatic N) is 1. The molecule has 3 aliphatic heterocycles. The van der Waals surface area contributed by atoms with Crippen LogP contribution in [0.2, 0.25) is 0 Å². The molecule has 1 aromatic rings. The van der Waals surface area contributed by atoms with Crippen LogP contribution in [0.25, 0.3) is 0 Å². The maximum Gasteiger partial charge on any atom is 0.346 e. The van der Waals surface area contributed by atoms with Crippen LogP contribution in [0, 0.1) is 0 Å². The van der Waals surface area contributed by atoms with Crippen LogP contribution in [0.15, 0.2) is 24.3 Å². The summed E-state index contributed by atoms with van der Waals surface area (Å²) < 4.78 is 46.6. The van der Waals surface area contributed by atoms with Gasteiger partial charge < -0.3 is 10.6 Å². The van der Waals surface area contributed by atoms with Gasteiger partial charge in [0.25, 0.3) is 0 Å². The van der Waals surface area contributed by atoms with Gasteiger partial charge in [-0.2, -0.15) is 5.06 Å². The quantitative estimate of drug-likeness (QED) is 0.601. The van der Waals surface area contributed by atoms with E-state index in [1.165, 1.54) is 0 Å². The second-order valence-corrected chi connectivity index (χ2v) is 11.7. The molecule has 2 amide bonds. The van der Waals surface area contributed by atoms with Crippen LogP contribution in [0.4, 0.5) is 16.2 Å². The Bertz CT molecular complexity index is 981. The van der Waals surface area contributed by atoms with Gasteiger partial charge in [-0.3, -0.25) is 5.32 Å². The zero-order valence-electron chi connectivity index (χ0n) is 15.0. The highest BCUT2D eigenvalue weighted by Crippen LogP contribution is 2.31. The molecular weight excluding hydrogens is 408 g/mol. The van der Waals surface area contributed by atoms with Crippen molar-refractivity contribution in [2.45, 2.75) is 31.3 Å². The van der Waals surface area contributed by atoms with Crippen molar-refractivity contribution in [3.63, 3.8) is 0 Å². The zero-order valence-corrected chi connectivity index (χ0v) is 16.6. The number of urea groups is 1. The molecule has 2 fully saturated rings. The molecule has 3 heterocycles. The van der Waals surface area contributed by atoms with E-state index in [1.807, 2.05) is 0 Å². The Morgan fingerprint density at radius 1 is 1.04 bits per heavy atom.